The van der Waals surface area contributed by atoms with E-state index in [1.807, 2.05) is 38.4 Å². The summed E-state index contributed by atoms with van der Waals surface area (Å²) < 4.78 is 27.1. The highest BCUT2D eigenvalue weighted by molar-refractivity contribution is 7.52. The zero-order valence-corrected chi connectivity index (χ0v) is 25.0. The third-order valence-electron chi connectivity index (χ3n) is 7.92. The fourth-order valence-corrected chi connectivity index (χ4v) is 6.97. The second-order valence-electron chi connectivity index (χ2n) is 10.7. The minimum atomic E-state index is -3.65. The van der Waals surface area contributed by atoms with E-state index in [4.69, 9.17) is 19.2 Å². The summed E-state index contributed by atoms with van der Waals surface area (Å²) in [7, 11) is -1.76. The van der Waals surface area contributed by atoms with Gasteiger partial charge in [0.25, 0.3) is 0 Å². The predicted octanol–water partition coefficient (Wildman–Crippen LogP) is 5.34. The van der Waals surface area contributed by atoms with E-state index in [-0.39, 0.29) is 25.4 Å². The number of nitrogens with one attached hydrogen (secondary N) is 1. The molecule has 1 aliphatic heterocycles. The molecule has 0 saturated carbocycles. The minimum absolute atomic E-state index is 0.00345. The molecule has 5 aromatic rings. The van der Waals surface area contributed by atoms with Gasteiger partial charge in [-0.25, -0.2) is 9.67 Å². The first-order chi connectivity index (χ1) is 20.4. The first kappa shape index (κ1) is 28.5. The van der Waals surface area contributed by atoms with Crippen LogP contribution in [-0.2, 0) is 20.9 Å². The zero-order valence-electron chi connectivity index (χ0n) is 24.1. The highest BCUT2D eigenvalue weighted by Crippen LogP contribution is 2.42. The Labute approximate surface area is 244 Å². The fourth-order valence-electron chi connectivity index (χ4n) is 6.05. The second-order valence-corrected chi connectivity index (χ2v) is 12.7. The summed E-state index contributed by atoms with van der Waals surface area (Å²) in [5.41, 5.74) is 6.53. The summed E-state index contributed by atoms with van der Waals surface area (Å²) in [6.45, 7) is 5.54. The number of anilines is 1. The van der Waals surface area contributed by atoms with Gasteiger partial charge in [-0.15, -0.1) is 5.10 Å². The van der Waals surface area contributed by atoms with Crippen LogP contribution >= 0.6 is 7.60 Å². The van der Waals surface area contributed by atoms with E-state index in [1.165, 1.54) is 5.56 Å². The Hall–Kier alpha value is -3.63. The van der Waals surface area contributed by atoms with E-state index < -0.39 is 7.60 Å². The predicted molar refractivity (Wildman–Crippen MR) is 163 cm³/mol. The average Bonchev–Trinajstić information content (AvgIpc) is 3.49. The molecular weight excluding hydrogens is 553 g/mol. The highest BCUT2D eigenvalue weighted by Gasteiger charge is 2.31. The Morgan fingerprint density at radius 2 is 1.98 bits per heavy atom. The van der Waals surface area contributed by atoms with Crippen molar-refractivity contribution in [1.82, 2.24) is 29.5 Å². The zero-order chi connectivity index (χ0) is 29.3. The molecule has 0 bridgehead atoms. The molecule has 1 unspecified atom stereocenters. The first-order valence-electron chi connectivity index (χ1n) is 14.4. The first-order valence-corrected chi connectivity index (χ1v) is 16.1. The summed E-state index contributed by atoms with van der Waals surface area (Å²) in [6.07, 6.45) is 3.73. The molecular formula is C30H36N7O4P. The number of aromatic nitrogens is 6. The van der Waals surface area contributed by atoms with Gasteiger partial charge in [0.05, 0.1) is 41.2 Å². The van der Waals surface area contributed by atoms with Gasteiger partial charge in [0.1, 0.15) is 11.5 Å². The van der Waals surface area contributed by atoms with E-state index >= 15 is 0 Å². The molecule has 0 radical (unpaired) electrons. The molecule has 12 heteroatoms. The van der Waals surface area contributed by atoms with Gasteiger partial charge < -0.3 is 24.0 Å². The molecule has 0 aliphatic carbocycles. The van der Waals surface area contributed by atoms with Crippen LogP contribution in [0.4, 0.5) is 5.82 Å². The van der Waals surface area contributed by atoms with Gasteiger partial charge in [-0.2, -0.15) is 0 Å². The maximum absolute atomic E-state index is 12.2. The van der Waals surface area contributed by atoms with Crippen LogP contribution in [0, 0.1) is 12.8 Å². The normalized spacial score (nSPS) is 16.6. The van der Waals surface area contributed by atoms with Gasteiger partial charge in [0.15, 0.2) is 0 Å². The number of aryl methyl sites for hydroxylation is 2. The molecule has 11 nitrogen and oxygen atoms in total. The Morgan fingerprint density at radius 3 is 2.69 bits per heavy atom. The van der Waals surface area contributed by atoms with Gasteiger partial charge in [0.2, 0.25) is 0 Å². The van der Waals surface area contributed by atoms with Gasteiger partial charge in [0, 0.05) is 44.0 Å². The van der Waals surface area contributed by atoms with Crippen molar-refractivity contribution in [1.29, 1.82) is 0 Å². The van der Waals surface area contributed by atoms with E-state index in [1.54, 1.807) is 11.6 Å². The molecule has 220 valence electrons. The number of ether oxygens (including phenoxy) is 1. The number of benzene rings is 1. The van der Waals surface area contributed by atoms with Crippen molar-refractivity contribution in [2.45, 2.75) is 32.7 Å². The fraction of sp³-hybridized carbons (Fsp3) is 0.400. The van der Waals surface area contributed by atoms with E-state index in [0.717, 1.165) is 65.1 Å². The summed E-state index contributed by atoms with van der Waals surface area (Å²) >= 11 is 0. The number of fused-ring (bicyclic) bond motifs is 3. The lowest BCUT2D eigenvalue weighted by Crippen LogP contribution is -2.27. The summed E-state index contributed by atoms with van der Waals surface area (Å²) in [6, 6.07) is 16.6. The Morgan fingerprint density at radius 1 is 1.19 bits per heavy atom. The van der Waals surface area contributed by atoms with Crippen LogP contribution < -0.4 is 5.32 Å². The van der Waals surface area contributed by atoms with Crippen molar-refractivity contribution in [2.24, 2.45) is 13.0 Å². The SMILES string of the molecule is CCOP(=O)(O)CCNc1ccc2c3ncc(-c4c(C)nnn4C)cc3n([C@H](c3ccccc3)C3CCOCC3)c2n1. The number of rotatable bonds is 10. The largest absolute Gasteiger partial charge is 0.381 e. The number of nitrogens with zero attached hydrogens (tertiary/aromatic N) is 6. The highest BCUT2D eigenvalue weighted by atomic mass is 31.2. The van der Waals surface area contributed by atoms with Gasteiger partial charge in [-0.3, -0.25) is 9.55 Å². The molecule has 5 heterocycles. The lowest BCUT2D eigenvalue weighted by molar-refractivity contribution is 0.0552. The molecule has 6 rings (SSSR count). The lowest BCUT2D eigenvalue weighted by Gasteiger charge is -2.32. The minimum Gasteiger partial charge on any atom is -0.381 e. The van der Waals surface area contributed by atoms with Crippen LogP contribution in [0.5, 0.6) is 0 Å². The maximum atomic E-state index is 12.2. The van der Waals surface area contributed by atoms with Gasteiger partial charge in [-0.1, -0.05) is 35.5 Å². The number of hydrogen-bond donors (Lipinski definition) is 2. The summed E-state index contributed by atoms with van der Waals surface area (Å²) in [4.78, 5) is 20.1. The van der Waals surface area contributed by atoms with Gasteiger partial charge in [-0.05, 0) is 56.4 Å². The van der Waals surface area contributed by atoms with Crippen LogP contribution in [0.25, 0.3) is 33.3 Å². The number of hydrogen-bond acceptors (Lipinski definition) is 8. The molecule has 1 saturated heterocycles. The van der Waals surface area contributed by atoms with Crippen LogP contribution in [0.3, 0.4) is 0 Å². The van der Waals surface area contributed by atoms with Crippen molar-refractivity contribution in [3.63, 3.8) is 0 Å². The molecule has 42 heavy (non-hydrogen) atoms. The molecule has 1 fully saturated rings. The van der Waals surface area contributed by atoms with Crippen molar-refractivity contribution in [3.05, 3.63) is 66.0 Å². The van der Waals surface area contributed by atoms with Crippen LogP contribution in [0.2, 0.25) is 0 Å². The third kappa shape index (κ3) is 5.57. The van der Waals surface area contributed by atoms with Crippen molar-refractivity contribution < 1.29 is 18.7 Å². The smallest absolute Gasteiger partial charge is 0.329 e. The quantitative estimate of drug-likeness (QED) is 0.207. The van der Waals surface area contributed by atoms with Crippen molar-refractivity contribution >= 4 is 35.5 Å². The topological polar surface area (TPSA) is 129 Å². The van der Waals surface area contributed by atoms with Gasteiger partial charge >= 0.3 is 7.60 Å². The molecule has 2 N–H and O–H groups in total. The molecule has 4 aromatic heterocycles. The van der Waals surface area contributed by atoms with Crippen LogP contribution in [0.1, 0.15) is 37.1 Å². The summed E-state index contributed by atoms with van der Waals surface area (Å²) in [5.74, 6) is 0.947. The monoisotopic (exact) mass is 589 g/mol. The molecule has 0 spiro atoms. The average molecular weight is 590 g/mol. The summed E-state index contributed by atoms with van der Waals surface area (Å²) in [5, 5.41) is 12.6. The molecule has 2 atom stereocenters. The van der Waals surface area contributed by atoms with Crippen LogP contribution in [0.15, 0.2) is 54.7 Å². The van der Waals surface area contributed by atoms with E-state index in [2.05, 4.69) is 50.5 Å². The molecule has 1 aliphatic rings. The Bertz CT molecular complexity index is 1730. The molecule has 0 amide bonds. The van der Waals surface area contributed by atoms with Crippen molar-refractivity contribution in [2.75, 3.05) is 37.8 Å². The second kappa shape index (κ2) is 11.9. The lowest BCUT2D eigenvalue weighted by atomic mass is 9.86. The van der Waals surface area contributed by atoms with Crippen LogP contribution in [-0.4, -0.2) is 66.9 Å². The Balaban J connectivity index is 1.53. The Kier molecular flexibility index (Phi) is 8.09. The standard InChI is InChI=1S/C30H36N7O4P/c1-4-41-42(38,39)17-14-31-26-11-10-24-27-25(18-23(19-32-27)28-20(2)34-35-36(28)3)37(30(24)33-26)29(21-8-6-5-7-9-21)22-12-15-40-16-13-22/h5-11,18-19,22,29H,4,12-17H2,1-3H3,(H,31,33)(H,38,39)/t29-/m1/s1. The molecule has 1 aromatic carbocycles. The maximum Gasteiger partial charge on any atom is 0.329 e. The van der Waals surface area contributed by atoms with E-state index in [0.29, 0.717) is 11.7 Å². The number of pyridine rings is 2. The van der Waals surface area contributed by atoms with E-state index in [9.17, 15) is 9.46 Å². The third-order valence-corrected chi connectivity index (χ3v) is 9.37. The van der Waals surface area contributed by atoms with Crippen molar-refractivity contribution in [3.8, 4) is 11.3 Å².